The van der Waals surface area contributed by atoms with Gasteiger partial charge in [0.25, 0.3) is 5.91 Å². The average Bonchev–Trinajstić information content (AvgIpc) is 3.24. The highest BCUT2D eigenvalue weighted by atomic mass is 32.2. The summed E-state index contributed by atoms with van der Waals surface area (Å²) in [5, 5.41) is 3.00. The average molecular weight is 472 g/mol. The molecule has 1 aromatic heterocycles. The van der Waals surface area contributed by atoms with E-state index in [1.54, 1.807) is 0 Å². The Labute approximate surface area is 189 Å². The quantitative estimate of drug-likeness (QED) is 0.553. The van der Waals surface area contributed by atoms with Crippen LogP contribution in [-0.2, 0) is 14.8 Å². The number of nitrogens with one attached hydrogen (secondary N) is 1. The lowest BCUT2D eigenvalue weighted by Gasteiger charge is -2.26. The smallest absolute Gasteiger partial charge is 0.257 e. The zero-order chi connectivity index (χ0) is 22.7. The normalized spacial score (nSPS) is 14.8. The molecule has 1 aliphatic rings. The lowest BCUT2D eigenvalue weighted by atomic mass is 10.1. The first-order valence-electron chi connectivity index (χ1n) is 9.93. The molecule has 0 spiro atoms. The Morgan fingerprint density at radius 2 is 1.69 bits per heavy atom. The first-order valence-corrected chi connectivity index (χ1v) is 12.2. The SMILES string of the molecule is CC(=O)c1sc(NC(=O)c2ccc(S(=O)(=O)N3CCOCC3)cc2)nc1-c1ccccc1. The summed E-state index contributed by atoms with van der Waals surface area (Å²) in [6, 6.07) is 15.0. The van der Waals surface area contributed by atoms with E-state index in [0.717, 1.165) is 16.9 Å². The largest absolute Gasteiger partial charge is 0.379 e. The van der Waals surface area contributed by atoms with Gasteiger partial charge < -0.3 is 4.74 Å². The molecule has 1 N–H and O–H groups in total. The second-order valence-electron chi connectivity index (χ2n) is 7.11. The van der Waals surface area contributed by atoms with Crippen molar-refractivity contribution in [2.75, 3.05) is 31.6 Å². The van der Waals surface area contributed by atoms with Crippen molar-refractivity contribution in [3.63, 3.8) is 0 Å². The van der Waals surface area contributed by atoms with Gasteiger partial charge >= 0.3 is 0 Å². The molecule has 10 heteroatoms. The molecule has 0 aliphatic carbocycles. The van der Waals surface area contributed by atoms with Crippen LogP contribution in [0.1, 0.15) is 27.0 Å². The van der Waals surface area contributed by atoms with E-state index in [1.165, 1.54) is 35.5 Å². The Bertz CT molecular complexity index is 1230. The van der Waals surface area contributed by atoms with Crippen LogP contribution in [0.4, 0.5) is 5.13 Å². The zero-order valence-electron chi connectivity index (χ0n) is 17.3. The second kappa shape index (κ2) is 9.29. The number of ether oxygens (including phenoxy) is 1. The van der Waals surface area contributed by atoms with Crippen LogP contribution in [0.15, 0.2) is 59.5 Å². The summed E-state index contributed by atoms with van der Waals surface area (Å²) in [6.07, 6.45) is 0. The van der Waals surface area contributed by atoms with E-state index < -0.39 is 15.9 Å². The van der Waals surface area contributed by atoms with Gasteiger partial charge in [-0.15, -0.1) is 0 Å². The van der Waals surface area contributed by atoms with E-state index in [-0.39, 0.29) is 16.2 Å². The van der Waals surface area contributed by atoms with Crippen LogP contribution in [0.2, 0.25) is 0 Å². The molecule has 0 saturated carbocycles. The molecule has 2 aromatic carbocycles. The van der Waals surface area contributed by atoms with Crippen LogP contribution in [0, 0.1) is 0 Å². The Balaban J connectivity index is 1.53. The zero-order valence-corrected chi connectivity index (χ0v) is 18.9. The topological polar surface area (TPSA) is 106 Å². The van der Waals surface area contributed by atoms with Crippen molar-refractivity contribution in [2.45, 2.75) is 11.8 Å². The third-order valence-corrected chi connectivity index (χ3v) is 7.92. The molecule has 8 nitrogen and oxygen atoms in total. The fraction of sp³-hybridized carbons (Fsp3) is 0.227. The Hall–Kier alpha value is -2.92. The standard InChI is InChI=1S/C22H21N3O5S2/c1-15(26)20-19(16-5-3-2-4-6-16)23-22(31-20)24-21(27)17-7-9-18(10-8-17)32(28,29)25-11-13-30-14-12-25/h2-10H,11-14H2,1H3,(H,23,24,27). The number of carbonyl (C=O) groups excluding carboxylic acids is 2. The van der Waals surface area contributed by atoms with E-state index in [2.05, 4.69) is 10.3 Å². The Morgan fingerprint density at radius 1 is 1.03 bits per heavy atom. The first kappa shape index (κ1) is 22.3. The molecule has 1 aliphatic heterocycles. The van der Waals surface area contributed by atoms with Crippen molar-refractivity contribution >= 4 is 38.2 Å². The minimum absolute atomic E-state index is 0.121. The van der Waals surface area contributed by atoms with Crippen molar-refractivity contribution < 1.29 is 22.7 Å². The number of sulfonamides is 1. The molecule has 2 heterocycles. The summed E-state index contributed by atoms with van der Waals surface area (Å²) in [4.78, 5) is 29.8. The van der Waals surface area contributed by atoms with E-state index in [0.29, 0.717) is 42.0 Å². The van der Waals surface area contributed by atoms with Crippen LogP contribution in [-0.4, -0.2) is 55.7 Å². The monoisotopic (exact) mass is 471 g/mol. The van der Waals surface area contributed by atoms with Gasteiger partial charge in [0.1, 0.15) is 0 Å². The summed E-state index contributed by atoms with van der Waals surface area (Å²) in [7, 11) is -3.63. The fourth-order valence-electron chi connectivity index (χ4n) is 3.29. The third kappa shape index (κ3) is 4.63. The fourth-order valence-corrected chi connectivity index (χ4v) is 5.57. The van der Waals surface area contributed by atoms with Gasteiger partial charge in [0, 0.05) is 31.1 Å². The number of ketones is 1. The van der Waals surface area contributed by atoms with Gasteiger partial charge in [-0.3, -0.25) is 14.9 Å². The van der Waals surface area contributed by atoms with Crippen molar-refractivity contribution in [3.05, 3.63) is 65.0 Å². The number of hydrogen-bond donors (Lipinski definition) is 1. The molecule has 1 amide bonds. The van der Waals surface area contributed by atoms with Crippen molar-refractivity contribution in [2.24, 2.45) is 0 Å². The molecule has 0 radical (unpaired) electrons. The van der Waals surface area contributed by atoms with Gasteiger partial charge in [-0.05, 0) is 24.3 Å². The maximum atomic E-state index is 12.7. The number of Topliss-reactive ketones (excluding diaryl/α,β-unsaturated/α-hetero) is 1. The van der Waals surface area contributed by atoms with Crippen molar-refractivity contribution in [3.8, 4) is 11.3 Å². The van der Waals surface area contributed by atoms with Crippen LogP contribution in [0.3, 0.4) is 0 Å². The van der Waals surface area contributed by atoms with Gasteiger partial charge in [-0.1, -0.05) is 41.7 Å². The third-order valence-electron chi connectivity index (χ3n) is 4.94. The van der Waals surface area contributed by atoms with Gasteiger partial charge in [-0.2, -0.15) is 4.31 Å². The molecule has 1 fully saturated rings. The number of benzene rings is 2. The van der Waals surface area contributed by atoms with Crippen LogP contribution in [0.25, 0.3) is 11.3 Å². The number of aromatic nitrogens is 1. The molecule has 0 bridgehead atoms. The summed E-state index contributed by atoms with van der Waals surface area (Å²) in [6.45, 7) is 2.79. The summed E-state index contributed by atoms with van der Waals surface area (Å²) in [5.74, 6) is -0.580. The van der Waals surface area contributed by atoms with Gasteiger partial charge in [0.15, 0.2) is 10.9 Å². The molecule has 3 aromatic rings. The molecule has 1 saturated heterocycles. The van der Waals surface area contributed by atoms with Crippen molar-refractivity contribution in [1.82, 2.24) is 9.29 Å². The number of amides is 1. The van der Waals surface area contributed by atoms with Gasteiger partial charge in [0.2, 0.25) is 10.0 Å². The highest BCUT2D eigenvalue weighted by molar-refractivity contribution is 7.89. The minimum Gasteiger partial charge on any atom is -0.379 e. The lowest BCUT2D eigenvalue weighted by molar-refractivity contribution is 0.0730. The highest BCUT2D eigenvalue weighted by Crippen LogP contribution is 2.31. The molecular weight excluding hydrogens is 450 g/mol. The Morgan fingerprint density at radius 3 is 2.31 bits per heavy atom. The molecule has 166 valence electrons. The number of morpholine rings is 1. The van der Waals surface area contributed by atoms with E-state index >= 15 is 0 Å². The van der Waals surface area contributed by atoms with E-state index in [4.69, 9.17) is 4.74 Å². The minimum atomic E-state index is -3.63. The van der Waals surface area contributed by atoms with Crippen LogP contribution >= 0.6 is 11.3 Å². The van der Waals surface area contributed by atoms with Gasteiger partial charge in [-0.25, -0.2) is 13.4 Å². The predicted octanol–water partition coefficient (Wildman–Crippen LogP) is 3.29. The number of nitrogens with zero attached hydrogens (tertiary/aromatic N) is 2. The molecule has 32 heavy (non-hydrogen) atoms. The number of carbonyl (C=O) groups is 2. The van der Waals surface area contributed by atoms with Crippen molar-refractivity contribution in [1.29, 1.82) is 0 Å². The summed E-state index contributed by atoms with van der Waals surface area (Å²) in [5.41, 5.74) is 1.59. The summed E-state index contributed by atoms with van der Waals surface area (Å²) >= 11 is 1.10. The predicted molar refractivity (Wildman–Crippen MR) is 122 cm³/mol. The Kier molecular flexibility index (Phi) is 6.47. The highest BCUT2D eigenvalue weighted by Gasteiger charge is 2.26. The van der Waals surface area contributed by atoms with E-state index in [1.807, 2.05) is 30.3 Å². The van der Waals surface area contributed by atoms with Crippen LogP contribution < -0.4 is 5.32 Å². The first-order chi connectivity index (χ1) is 15.4. The maximum Gasteiger partial charge on any atom is 0.257 e. The van der Waals surface area contributed by atoms with Gasteiger partial charge in [0.05, 0.1) is 28.7 Å². The number of anilines is 1. The summed E-state index contributed by atoms with van der Waals surface area (Å²) < 4.78 is 32.0. The molecule has 4 rings (SSSR count). The number of hydrogen-bond acceptors (Lipinski definition) is 7. The number of thiazole rings is 1. The molecule has 0 atom stereocenters. The second-order valence-corrected chi connectivity index (χ2v) is 10.1. The maximum absolute atomic E-state index is 12.7. The lowest BCUT2D eigenvalue weighted by Crippen LogP contribution is -2.40. The van der Waals surface area contributed by atoms with Crippen LogP contribution in [0.5, 0.6) is 0 Å². The molecular formula is C22H21N3O5S2. The van der Waals surface area contributed by atoms with E-state index in [9.17, 15) is 18.0 Å². The molecule has 0 unspecified atom stereocenters. The number of rotatable bonds is 6.